The van der Waals surface area contributed by atoms with Gasteiger partial charge in [0.15, 0.2) is 0 Å². The number of allylic oxidation sites excluding steroid dienone is 1. The Kier molecular flexibility index (Phi) is 6.04. The molecule has 2 aromatic rings. The van der Waals surface area contributed by atoms with E-state index in [1.165, 1.54) is 11.1 Å². The molecule has 1 N–H and O–H groups in total. The van der Waals surface area contributed by atoms with Gasteiger partial charge in [-0.1, -0.05) is 60.7 Å². The molecule has 0 radical (unpaired) electrons. The zero-order chi connectivity index (χ0) is 17.5. The van der Waals surface area contributed by atoms with Crippen LogP contribution >= 0.6 is 0 Å². The Bertz CT molecular complexity index is 719. The molecule has 1 atom stereocenters. The summed E-state index contributed by atoms with van der Waals surface area (Å²) >= 11 is 0. The molecule has 0 amide bonds. The molecule has 1 unspecified atom stereocenters. The molecular weight excluding hydrogens is 310 g/mol. The number of β-amino-alcohol motifs (C(OH)–C–C–N with tert-alkyl or cyclic N) is 1. The maximum atomic E-state index is 10.3. The number of rotatable bonds is 6. The van der Waals surface area contributed by atoms with Crippen molar-refractivity contribution in [2.75, 3.05) is 26.7 Å². The minimum absolute atomic E-state index is 0.425. The quantitative estimate of drug-likeness (QED) is 0.863. The highest BCUT2D eigenvalue weighted by atomic mass is 16.5. The Morgan fingerprint density at radius 1 is 1.08 bits per heavy atom. The molecule has 1 aliphatic rings. The highest BCUT2D eigenvalue weighted by Crippen LogP contribution is 2.19. The Balaban J connectivity index is 1.52. The van der Waals surface area contributed by atoms with E-state index in [2.05, 4.69) is 35.3 Å². The molecule has 25 heavy (non-hydrogen) atoms. The SMILES string of the molecule is COc1ccc(/C=C/C2=CCN(CC(O)c3ccccc3)CC2)cc1. The van der Waals surface area contributed by atoms with Gasteiger partial charge in [-0.2, -0.15) is 0 Å². The first-order valence-electron chi connectivity index (χ1n) is 8.71. The molecule has 0 saturated carbocycles. The van der Waals surface area contributed by atoms with Crippen molar-refractivity contribution in [3.63, 3.8) is 0 Å². The van der Waals surface area contributed by atoms with Gasteiger partial charge in [0.25, 0.3) is 0 Å². The lowest BCUT2D eigenvalue weighted by Crippen LogP contribution is -2.32. The summed E-state index contributed by atoms with van der Waals surface area (Å²) in [5.74, 6) is 0.877. The molecule has 2 aromatic carbocycles. The second kappa shape index (κ2) is 8.65. The van der Waals surface area contributed by atoms with Crippen molar-refractivity contribution in [2.45, 2.75) is 12.5 Å². The third kappa shape index (κ3) is 5.05. The molecule has 0 fully saturated rings. The van der Waals surface area contributed by atoms with Crippen molar-refractivity contribution in [1.82, 2.24) is 4.90 Å². The zero-order valence-electron chi connectivity index (χ0n) is 14.6. The predicted octanol–water partition coefficient (Wildman–Crippen LogP) is 4.07. The van der Waals surface area contributed by atoms with Crippen LogP contribution < -0.4 is 4.74 Å². The van der Waals surface area contributed by atoms with Crippen molar-refractivity contribution in [2.24, 2.45) is 0 Å². The monoisotopic (exact) mass is 335 g/mol. The average Bonchev–Trinajstić information content (AvgIpc) is 2.68. The summed E-state index contributed by atoms with van der Waals surface area (Å²) in [5.41, 5.74) is 3.50. The largest absolute Gasteiger partial charge is 0.497 e. The lowest BCUT2D eigenvalue weighted by atomic mass is 10.0. The van der Waals surface area contributed by atoms with Crippen LogP contribution in [0, 0.1) is 0 Å². The summed E-state index contributed by atoms with van der Waals surface area (Å²) in [4.78, 5) is 2.29. The van der Waals surface area contributed by atoms with Crippen molar-refractivity contribution >= 4 is 6.08 Å². The Morgan fingerprint density at radius 3 is 2.48 bits per heavy atom. The van der Waals surface area contributed by atoms with E-state index in [9.17, 15) is 5.11 Å². The Hall–Kier alpha value is -2.36. The van der Waals surface area contributed by atoms with E-state index in [-0.39, 0.29) is 0 Å². The number of nitrogens with zero attached hydrogens (tertiary/aromatic N) is 1. The van der Waals surface area contributed by atoms with E-state index < -0.39 is 6.10 Å². The summed E-state index contributed by atoms with van der Waals surface area (Å²) in [5, 5.41) is 10.3. The minimum atomic E-state index is -0.425. The van der Waals surface area contributed by atoms with E-state index in [1.54, 1.807) is 7.11 Å². The van der Waals surface area contributed by atoms with Crippen LogP contribution in [0.5, 0.6) is 5.75 Å². The van der Waals surface area contributed by atoms with Crippen LogP contribution in [0.4, 0.5) is 0 Å². The third-order valence-electron chi connectivity index (χ3n) is 4.55. The summed E-state index contributed by atoms with van der Waals surface area (Å²) in [6, 6.07) is 17.9. The van der Waals surface area contributed by atoms with Crippen molar-refractivity contribution in [3.8, 4) is 5.75 Å². The van der Waals surface area contributed by atoms with Crippen molar-refractivity contribution in [1.29, 1.82) is 0 Å². The number of aliphatic hydroxyl groups is 1. The maximum absolute atomic E-state index is 10.3. The highest BCUT2D eigenvalue weighted by molar-refractivity contribution is 5.54. The molecule has 1 heterocycles. The molecule has 3 heteroatoms. The summed E-state index contributed by atoms with van der Waals surface area (Å²) in [6.07, 6.45) is 7.16. The van der Waals surface area contributed by atoms with E-state index in [4.69, 9.17) is 4.74 Å². The van der Waals surface area contributed by atoms with Crippen LogP contribution in [-0.2, 0) is 0 Å². The van der Waals surface area contributed by atoms with Gasteiger partial charge in [-0.25, -0.2) is 0 Å². The van der Waals surface area contributed by atoms with Crippen LogP contribution in [0.1, 0.15) is 23.7 Å². The van der Waals surface area contributed by atoms with Crippen LogP contribution in [-0.4, -0.2) is 36.8 Å². The molecular formula is C22H25NO2. The molecule has 1 aliphatic heterocycles. The first-order chi connectivity index (χ1) is 12.2. The molecule has 0 saturated heterocycles. The second-order valence-electron chi connectivity index (χ2n) is 6.32. The van der Waals surface area contributed by atoms with Crippen LogP contribution in [0.2, 0.25) is 0 Å². The summed E-state index contributed by atoms with van der Waals surface area (Å²) in [6.45, 7) is 2.53. The molecule has 3 nitrogen and oxygen atoms in total. The first kappa shape index (κ1) is 17.5. The number of aliphatic hydroxyl groups excluding tert-OH is 1. The van der Waals surface area contributed by atoms with Crippen LogP contribution in [0.3, 0.4) is 0 Å². The van der Waals surface area contributed by atoms with E-state index in [0.29, 0.717) is 6.54 Å². The van der Waals surface area contributed by atoms with E-state index in [1.807, 2.05) is 42.5 Å². The van der Waals surface area contributed by atoms with Gasteiger partial charge in [0, 0.05) is 19.6 Å². The van der Waals surface area contributed by atoms with Gasteiger partial charge in [0.2, 0.25) is 0 Å². The van der Waals surface area contributed by atoms with Crippen LogP contribution in [0.25, 0.3) is 6.08 Å². The van der Waals surface area contributed by atoms with Gasteiger partial charge in [0.05, 0.1) is 13.2 Å². The summed E-state index contributed by atoms with van der Waals surface area (Å²) in [7, 11) is 1.68. The second-order valence-corrected chi connectivity index (χ2v) is 6.32. The number of hydrogen-bond acceptors (Lipinski definition) is 3. The lowest BCUT2D eigenvalue weighted by molar-refractivity contribution is 0.118. The number of hydrogen-bond donors (Lipinski definition) is 1. The molecule has 0 aliphatic carbocycles. The maximum Gasteiger partial charge on any atom is 0.118 e. The summed E-state index contributed by atoms with van der Waals surface area (Å²) < 4.78 is 5.18. The first-order valence-corrected chi connectivity index (χ1v) is 8.71. The Labute approximate surface area is 149 Å². The van der Waals surface area contributed by atoms with E-state index in [0.717, 1.165) is 30.8 Å². The fourth-order valence-corrected chi connectivity index (χ4v) is 2.99. The topological polar surface area (TPSA) is 32.7 Å². The third-order valence-corrected chi connectivity index (χ3v) is 4.55. The fraction of sp³-hybridized carbons (Fsp3) is 0.273. The fourth-order valence-electron chi connectivity index (χ4n) is 2.99. The van der Waals surface area contributed by atoms with E-state index >= 15 is 0 Å². The van der Waals surface area contributed by atoms with Gasteiger partial charge in [-0.3, -0.25) is 4.90 Å². The number of ether oxygens (including phenoxy) is 1. The van der Waals surface area contributed by atoms with Crippen LogP contribution in [0.15, 0.2) is 72.3 Å². The van der Waals surface area contributed by atoms with Crippen molar-refractivity contribution < 1.29 is 9.84 Å². The zero-order valence-corrected chi connectivity index (χ0v) is 14.6. The smallest absolute Gasteiger partial charge is 0.118 e. The highest BCUT2D eigenvalue weighted by Gasteiger charge is 2.15. The molecule has 0 bridgehead atoms. The average molecular weight is 335 g/mol. The van der Waals surface area contributed by atoms with Gasteiger partial charge in [-0.05, 0) is 35.3 Å². The van der Waals surface area contributed by atoms with Gasteiger partial charge >= 0.3 is 0 Å². The number of methoxy groups -OCH3 is 1. The van der Waals surface area contributed by atoms with Crippen molar-refractivity contribution in [3.05, 3.63) is 83.4 Å². The molecule has 0 spiro atoms. The van der Waals surface area contributed by atoms with Gasteiger partial charge in [-0.15, -0.1) is 0 Å². The number of benzene rings is 2. The van der Waals surface area contributed by atoms with Gasteiger partial charge in [0.1, 0.15) is 5.75 Å². The normalized spacial score (nSPS) is 16.6. The lowest BCUT2D eigenvalue weighted by Gasteiger charge is -2.27. The molecule has 0 aromatic heterocycles. The standard InChI is InChI=1S/C22H25NO2/c1-25-21-11-9-18(10-12-21)7-8-19-13-15-23(16-14-19)17-22(24)20-5-3-2-4-6-20/h2-13,22,24H,14-17H2,1H3/b8-7+. The molecule has 3 rings (SSSR count). The Morgan fingerprint density at radius 2 is 1.84 bits per heavy atom. The molecule has 130 valence electrons. The minimum Gasteiger partial charge on any atom is -0.497 e. The van der Waals surface area contributed by atoms with Gasteiger partial charge < -0.3 is 9.84 Å². The predicted molar refractivity (Wildman–Crippen MR) is 103 cm³/mol.